The highest BCUT2D eigenvalue weighted by atomic mass is 32.2. The molecule has 158 valence electrons. The fourth-order valence-corrected chi connectivity index (χ4v) is 5.95. The summed E-state index contributed by atoms with van der Waals surface area (Å²) in [5.41, 5.74) is 0.536. The molecule has 1 atom stereocenters. The first-order valence-electron chi connectivity index (χ1n) is 9.13. The van der Waals surface area contributed by atoms with Crippen molar-refractivity contribution >= 4 is 49.8 Å². The Morgan fingerprint density at radius 2 is 1.97 bits per heavy atom. The van der Waals surface area contributed by atoms with Crippen LogP contribution in [-0.2, 0) is 19.6 Å². The Bertz CT molecular complexity index is 927. The summed E-state index contributed by atoms with van der Waals surface area (Å²) in [6.45, 7) is 5.99. The van der Waals surface area contributed by atoms with Crippen LogP contribution in [0.2, 0.25) is 0 Å². The summed E-state index contributed by atoms with van der Waals surface area (Å²) in [4.78, 5) is 12.6. The van der Waals surface area contributed by atoms with Crippen molar-refractivity contribution in [2.75, 3.05) is 43.5 Å². The zero-order valence-electron chi connectivity index (χ0n) is 16.1. The van der Waals surface area contributed by atoms with Crippen LogP contribution >= 0.6 is 23.1 Å². The Hall–Kier alpha value is -1.73. The van der Waals surface area contributed by atoms with E-state index in [1.807, 2.05) is 6.92 Å². The van der Waals surface area contributed by atoms with Crippen molar-refractivity contribution in [2.24, 2.45) is 0 Å². The number of aromatic nitrogens is 2. The fourth-order valence-electron chi connectivity index (χ4n) is 2.57. The predicted molar refractivity (Wildman–Crippen MR) is 114 cm³/mol. The van der Waals surface area contributed by atoms with E-state index in [0.29, 0.717) is 36.3 Å². The lowest BCUT2D eigenvalue weighted by Crippen LogP contribution is -2.40. The van der Waals surface area contributed by atoms with Crippen molar-refractivity contribution < 1.29 is 17.9 Å². The van der Waals surface area contributed by atoms with Crippen LogP contribution < -0.4 is 10.6 Å². The molecule has 2 aromatic rings. The van der Waals surface area contributed by atoms with Gasteiger partial charge in [-0.3, -0.25) is 4.79 Å². The number of nitrogens with one attached hydrogen (secondary N) is 2. The summed E-state index contributed by atoms with van der Waals surface area (Å²) in [6.07, 6.45) is 0. The first-order chi connectivity index (χ1) is 13.9. The van der Waals surface area contributed by atoms with Gasteiger partial charge in [-0.05, 0) is 38.1 Å². The number of ether oxygens (including phenoxy) is 1. The second kappa shape index (κ2) is 9.85. The van der Waals surface area contributed by atoms with E-state index in [-0.39, 0.29) is 16.1 Å². The zero-order valence-corrected chi connectivity index (χ0v) is 18.6. The molecule has 0 radical (unpaired) electrons. The summed E-state index contributed by atoms with van der Waals surface area (Å²) >= 11 is 2.72. The van der Waals surface area contributed by atoms with Gasteiger partial charge >= 0.3 is 0 Å². The maximum Gasteiger partial charge on any atom is 0.243 e. The monoisotopic (exact) mass is 457 g/mol. The largest absolute Gasteiger partial charge is 0.379 e. The molecule has 0 spiro atoms. The summed E-state index contributed by atoms with van der Waals surface area (Å²) in [5, 5.41) is 14.3. The van der Waals surface area contributed by atoms with Gasteiger partial charge in [-0.2, -0.15) is 4.31 Å². The topological polar surface area (TPSA) is 114 Å². The van der Waals surface area contributed by atoms with E-state index in [1.165, 1.54) is 39.5 Å². The first kappa shape index (κ1) is 22.0. The van der Waals surface area contributed by atoms with Crippen LogP contribution in [0.4, 0.5) is 10.8 Å². The number of sulfonamides is 1. The average molecular weight is 458 g/mol. The fraction of sp³-hybridized carbons (Fsp3) is 0.471. The molecule has 1 aliphatic heterocycles. The molecule has 12 heteroatoms. The molecule has 2 N–H and O–H groups in total. The number of benzene rings is 1. The minimum Gasteiger partial charge on any atom is -0.379 e. The third kappa shape index (κ3) is 5.66. The second-order valence-corrected chi connectivity index (χ2v) is 10.7. The van der Waals surface area contributed by atoms with E-state index in [9.17, 15) is 13.2 Å². The number of anilines is 2. The van der Waals surface area contributed by atoms with Crippen LogP contribution in [0.15, 0.2) is 33.5 Å². The maximum absolute atomic E-state index is 12.6. The molecule has 1 saturated heterocycles. The number of hydrogen-bond donors (Lipinski definition) is 2. The van der Waals surface area contributed by atoms with Crippen molar-refractivity contribution in [3.05, 3.63) is 24.3 Å². The summed E-state index contributed by atoms with van der Waals surface area (Å²) < 4.78 is 32.6. The third-order valence-corrected chi connectivity index (χ3v) is 8.09. The molecule has 1 aliphatic rings. The molecular weight excluding hydrogens is 434 g/mol. The second-order valence-electron chi connectivity index (χ2n) is 6.19. The van der Waals surface area contributed by atoms with Crippen LogP contribution in [-0.4, -0.2) is 66.9 Å². The summed E-state index contributed by atoms with van der Waals surface area (Å²) in [7, 11) is -3.55. The van der Waals surface area contributed by atoms with Crippen LogP contribution in [0.25, 0.3) is 0 Å². The maximum atomic E-state index is 12.6. The van der Waals surface area contributed by atoms with Crippen molar-refractivity contribution in [1.82, 2.24) is 14.5 Å². The quantitative estimate of drug-likeness (QED) is 0.580. The van der Waals surface area contributed by atoms with Gasteiger partial charge in [0.25, 0.3) is 0 Å². The van der Waals surface area contributed by atoms with Gasteiger partial charge in [0, 0.05) is 25.3 Å². The van der Waals surface area contributed by atoms with E-state index in [2.05, 4.69) is 20.8 Å². The standard InChI is InChI=1S/C17H23N5O4S3/c1-3-18-16-20-21-17(28-16)27-12(2)15(23)19-13-4-6-14(7-5-13)29(24,25)22-8-10-26-11-9-22/h4-7,12H,3,8-11H2,1-2H3,(H,18,20)(H,19,23). The molecule has 1 unspecified atom stereocenters. The van der Waals surface area contributed by atoms with Gasteiger partial charge in [0.2, 0.25) is 21.1 Å². The predicted octanol–water partition coefficient (Wildman–Crippen LogP) is 2.11. The van der Waals surface area contributed by atoms with Crippen LogP contribution in [0.5, 0.6) is 0 Å². The molecule has 0 bridgehead atoms. The number of rotatable bonds is 8. The van der Waals surface area contributed by atoms with Gasteiger partial charge in [-0.1, -0.05) is 23.1 Å². The Labute approximate surface area is 178 Å². The van der Waals surface area contributed by atoms with E-state index in [4.69, 9.17) is 4.74 Å². The highest BCUT2D eigenvalue weighted by molar-refractivity contribution is 8.02. The normalized spacial score (nSPS) is 16.3. The lowest BCUT2D eigenvalue weighted by Gasteiger charge is -2.26. The van der Waals surface area contributed by atoms with Gasteiger partial charge < -0.3 is 15.4 Å². The number of morpholine rings is 1. The average Bonchev–Trinajstić information content (AvgIpc) is 3.16. The smallest absolute Gasteiger partial charge is 0.243 e. The molecule has 2 heterocycles. The minimum atomic E-state index is -3.55. The number of carbonyl (C=O) groups excluding carboxylic acids is 1. The molecule has 1 fully saturated rings. The van der Waals surface area contributed by atoms with E-state index < -0.39 is 10.0 Å². The molecule has 1 aromatic heterocycles. The van der Waals surface area contributed by atoms with Crippen molar-refractivity contribution in [2.45, 2.75) is 28.3 Å². The number of amides is 1. The van der Waals surface area contributed by atoms with Crippen LogP contribution in [0.1, 0.15) is 13.8 Å². The van der Waals surface area contributed by atoms with Gasteiger partial charge in [0.1, 0.15) is 0 Å². The highest BCUT2D eigenvalue weighted by Gasteiger charge is 2.26. The van der Waals surface area contributed by atoms with E-state index >= 15 is 0 Å². The third-order valence-electron chi connectivity index (χ3n) is 4.11. The molecule has 0 saturated carbocycles. The Morgan fingerprint density at radius 1 is 1.28 bits per heavy atom. The Balaban J connectivity index is 1.58. The molecule has 29 heavy (non-hydrogen) atoms. The molecule has 3 rings (SSSR count). The lowest BCUT2D eigenvalue weighted by atomic mass is 10.3. The first-order valence-corrected chi connectivity index (χ1v) is 12.3. The highest BCUT2D eigenvalue weighted by Crippen LogP contribution is 2.29. The van der Waals surface area contributed by atoms with Crippen LogP contribution in [0.3, 0.4) is 0 Å². The number of nitrogens with zero attached hydrogens (tertiary/aromatic N) is 3. The molecular formula is C17H23N5O4S3. The van der Waals surface area contributed by atoms with Gasteiger partial charge in [0.05, 0.1) is 23.4 Å². The van der Waals surface area contributed by atoms with Crippen LogP contribution in [0, 0.1) is 0 Å². The van der Waals surface area contributed by atoms with Gasteiger partial charge in [0.15, 0.2) is 4.34 Å². The number of thioether (sulfide) groups is 1. The molecule has 9 nitrogen and oxygen atoms in total. The number of carbonyl (C=O) groups is 1. The number of hydrogen-bond acceptors (Lipinski definition) is 9. The molecule has 1 aromatic carbocycles. The molecule has 1 amide bonds. The SMILES string of the molecule is CCNc1nnc(SC(C)C(=O)Nc2ccc(S(=O)(=O)N3CCOCC3)cc2)s1. The summed E-state index contributed by atoms with van der Waals surface area (Å²) in [6, 6.07) is 6.20. The summed E-state index contributed by atoms with van der Waals surface area (Å²) in [5.74, 6) is -0.195. The Morgan fingerprint density at radius 3 is 2.62 bits per heavy atom. The zero-order chi connectivity index (χ0) is 20.9. The molecule has 0 aliphatic carbocycles. The van der Waals surface area contributed by atoms with Crippen molar-refractivity contribution in [3.8, 4) is 0 Å². The van der Waals surface area contributed by atoms with E-state index in [1.54, 1.807) is 19.1 Å². The van der Waals surface area contributed by atoms with E-state index in [0.717, 1.165) is 11.7 Å². The van der Waals surface area contributed by atoms with Crippen molar-refractivity contribution in [3.63, 3.8) is 0 Å². The van der Waals surface area contributed by atoms with Gasteiger partial charge in [-0.15, -0.1) is 10.2 Å². The Kier molecular flexibility index (Phi) is 7.46. The lowest BCUT2D eigenvalue weighted by molar-refractivity contribution is -0.115. The minimum absolute atomic E-state index is 0.195. The van der Waals surface area contributed by atoms with Gasteiger partial charge in [-0.25, -0.2) is 8.42 Å². The van der Waals surface area contributed by atoms with Crippen molar-refractivity contribution in [1.29, 1.82) is 0 Å².